The molecule has 0 bridgehead atoms. The van der Waals surface area contributed by atoms with Crippen molar-refractivity contribution in [3.63, 3.8) is 0 Å². The lowest BCUT2D eigenvalue weighted by Gasteiger charge is -2.28. The van der Waals surface area contributed by atoms with Crippen molar-refractivity contribution >= 4 is 41.5 Å². The molecule has 8 N–H and O–H groups in total. The predicted octanol–water partition coefficient (Wildman–Crippen LogP) is -0.155. The van der Waals surface area contributed by atoms with Crippen LogP contribution in [-0.2, 0) is 31.6 Å². The highest BCUT2D eigenvalue weighted by atomic mass is 32.1. The molecule has 0 radical (unpaired) electrons. The number of rotatable bonds is 8. The fourth-order valence-electron chi connectivity index (χ4n) is 2.47. The number of aliphatic hydroxyl groups excluding tert-OH is 1. The molecule has 178 valence electrons. The fourth-order valence-corrected chi connectivity index (χ4v) is 5.77. The van der Waals surface area contributed by atoms with Gasteiger partial charge in [-0.1, -0.05) is 0 Å². The van der Waals surface area contributed by atoms with E-state index in [-0.39, 0.29) is 10.6 Å². The Balaban J connectivity index is 2.21. The number of phosphoric acid groups is 3. The van der Waals surface area contributed by atoms with Crippen LogP contribution in [-0.4, -0.2) is 63.5 Å². The molecule has 6 atom stereocenters. The number of ether oxygens (including phenoxy) is 1. The zero-order valence-corrected chi connectivity index (χ0v) is 18.7. The van der Waals surface area contributed by atoms with Crippen LogP contribution in [0.25, 0.3) is 0 Å². The van der Waals surface area contributed by atoms with E-state index in [9.17, 15) is 28.8 Å². The maximum Gasteiger partial charge on any atom is 0.490 e. The van der Waals surface area contributed by atoms with E-state index in [1.165, 1.54) is 6.07 Å². The van der Waals surface area contributed by atoms with Crippen LogP contribution in [0.3, 0.4) is 0 Å². The van der Waals surface area contributed by atoms with Crippen molar-refractivity contribution in [2.75, 3.05) is 12.3 Å². The molecular weight excluding hydrogens is 514 g/mol. The average Bonchev–Trinajstić information content (AvgIpc) is 2.71. The third-order valence-corrected chi connectivity index (χ3v) is 7.80. The standard InChI is InChI=1S/C10H17FN3O13P3S/c1-9(16)6(15)10(11,25-7(9)14-3-2-5(12)13-8(14)31)4-24-29(20,21)27-30(22,23)26-28(17,18)19/h2-3,6-7,15-16H,4H2,1H3,(H,20,21)(H,22,23)(H2,12,13,31)(H2,17,18,19)/t6?,7-,9-,10-/m1/s1. The Bertz CT molecular complexity index is 1050. The van der Waals surface area contributed by atoms with Crippen molar-refractivity contribution in [3.8, 4) is 0 Å². The maximum absolute atomic E-state index is 15.2. The molecular formula is C10H17FN3O13P3S. The lowest BCUT2D eigenvalue weighted by atomic mass is 9.95. The van der Waals surface area contributed by atoms with Gasteiger partial charge in [0, 0.05) is 6.20 Å². The molecule has 0 aliphatic carbocycles. The first-order chi connectivity index (χ1) is 13.8. The van der Waals surface area contributed by atoms with Crippen LogP contribution in [0.15, 0.2) is 12.3 Å². The Labute approximate surface area is 177 Å². The van der Waals surface area contributed by atoms with Gasteiger partial charge in [0.15, 0.2) is 6.23 Å². The number of aliphatic hydroxyl groups is 2. The largest absolute Gasteiger partial charge is 0.490 e. The van der Waals surface area contributed by atoms with Gasteiger partial charge < -0.3 is 40.3 Å². The zero-order chi connectivity index (χ0) is 24.0. The van der Waals surface area contributed by atoms with Gasteiger partial charge in [-0.2, -0.15) is 8.62 Å². The highest BCUT2D eigenvalue weighted by Crippen LogP contribution is 2.66. The van der Waals surface area contributed by atoms with Crippen molar-refractivity contribution in [1.29, 1.82) is 0 Å². The quantitative estimate of drug-likeness (QED) is 0.170. The first-order valence-corrected chi connectivity index (χ1v) is 12.6. The van der Waals surface area contributed by atoms with E-state index in [1.54, 1.807) is 0 Å². The summed E-state index contributed by atoms with van der Waals surface area (Å²) in [5.41, 5.74) is 3.03. The summed E-state index contributed by atoms with van der Waals surface area (Å²) in [7, 11) is -17.2. The molecule has 16 nitrogen and oxygen atoms in total. The Hall–Kier alpha value is -0.680. The predicted molar refractivity (Wildman–Crippen MR) is 97.9 cm³/mol. The Kier molecular flexibility index (Phi) is 7.36. The van der Waals surface area contributed by atoms with Gasteiger partial charge in [0.25, 0.3) is 5.85 Å². The summed E-state index contributed by atoms with van der Waals surface area (Å²) in [5, 5.41) is 20.7. The summed E-state index contributed by atoms with van der Waals surface area (Å²) in [6.45, 7) is -0.729. The molecule has 1 saturated heterocycles. The number of alkyl halides is 1. The minimum Gasteiger partial charge on any atom is -0.384 e. The monoisotopic (exact) mass is 531 g/mol. The van der Waals surface area contributed by atoms with Crippen LogP contribution < -0.4 is 5.73 Å². The van der Waals surface area contributed by atoms with Crippen LogP contribution in [0.4, 0.5) is 10.2 Å². The molecule has 2 heterocycles. The van der Waals surface area contributed by atoms with Gasteiger partial charge in [-0.05, 0) is 25.2 Å². The summed E-state index contributed by atoms with van der Waals surface area (Å²) < 4.78 is 65.5. The zero-order valence-electron chi connectivity index (χ0n) is 15.2. The lowest BCUT2D eigenvalue weighted by Crippen LogP contribution is -2.49. The molecule has 0 amide bonds. The van der Waals surface area contributed by atoms with Crippen molar-refractivity contribution in [3.05, 3.63) is 17.0 Å². The molecule has 1 aromatic heterocycles. The van der Waals surface area contributed by atoms with E-state index >= 15 is 4.39 Å². The summed E-state index contributed by atoms with van der Waals surface area (Å²) in [4.78, 5) is 39.1. The number of aromatic nitrogens is 2. The molecule has 0 spiro atoms. The van der Waals surface area contributed by atoms with Crippen molar-refractivity contribution in [2.24, 2.45) is 0 Å². The number of phosphoric ester groups is 1. The molecule has 1 aliphatic heterocycles. The third-order valence-electron chi connectivity index (χ3n) is 3.71. The van der Waals surface area contributed by atoms with E-state index in [0.29, 0.717) is 0 Å². The van der Waals surface area contributed by atoms with Crippen LogP contribution in [0.2, 0.25) is 0 Å². The Morgan fingerprint density at radius 3 is 2.39 bits per heavy atom. The minimum absolute atomic E-state index is 0.0152. The number of hydrogen-bond acceptors (Lipinski definition) is 12. The molecule has 1 aliphatic rings. The van der Waals surface area contributed by atoms with Crippen LogP contribution in [0.1, 0.15) is 13.2 Å². The Morgan fingerprint density at radius 2 is 1.87 bits per heavy atom. The number of nitrogens with two attached hydrogens (primary N) is 1. The third kappa shape index (κ3) is 6.43. The fraction of sp³-hybridized carbons (Fsp3) is 0.600. The minimum atomic E-state index is -5.85. The summed E-state index contributed by atoms with van der Waals surface area (Å²) >= 11 is 4.92. The molecule has 2 rings (SSSR count). The maximum atomic E-state index is 15.2. The average molecular weight is 531 g/mol. The van der Waals surface area contributed by atoms with Crippen molar-refractivity contribution in [1.82, 2.24) is 9.55 Å². The molecule has 0 aromatic carbocycles. The SMILES string of the molecule is C[C@@]1(O)C(O)[C@@](F)(COP(=O)(O)OP(=O)(O)OP(=O)(O)O)O[C@H]1n1ccc(N)nc1=S. The van der Waals surface area contributed by atoms with Crippen molar-refractivity contribution in [2.45, 2.75) is 30.7 Å². The van der Waals surface area contributed by atoms with E-state index in [2.05, 4.69) is 18.1 Å². The molecule has 21 heteroatoms. The second-order valence-corrected chi connectivity index (χ2v) is 11.1. The number of anilines is 1. The first-order valence-electron chi connectivity index (χ1n) is 7.68. The number of nitrogen functional groups attached to an aromatic ring is 1. The van der Waals surface area contributed by atoms with Crippen molar-refractivity contribution < 1.29 is 65.8 Å². The molecule has 0 saturated carbocycles. The summed E-state index contributed by atoms with van der Waals surface area (Å²) in [6.07, 6.45) is -3.01. The highest BCUT2D eigenvalue weighted by Gasteiger charge is 2.63. The van der Waals surface area contributed by atoms with Gasteiger partial charge >= 0.3 is 23.5 Å². The molecule has 31 heavy (non-hydrogen) atoms. The number of nitrogens with zero attached hydrogens (tertiary/aromatic N) is 2. The van der Waals surface area contributed by atoms with E-state index in [1.807, 2.05) is 0 Å². The van der Waals surface area contributed by atoms with Gasteiger partial charge in [-0.25, -0.2) is 23.1 Å². The number of halogens is 1. The highest BCUT2D eigenvalue weighted by molar-refractivity contribution is 7.71. The van der Waals surface area contributed by atoms with Crippen LogP contribution in [0, 0.1) is 4.77 Å². The smallest absolute Gasteiger partial charge is 0.384 e. The summed E-state index contributed by atoms with van der Waals surface area (Å²) in [6, 6.07) is 1.21. The Morgan fingerprint density at radius 1 is 1.29 bits per heavy atom. The normalized spacial score (nSPS) is 33.0. The number of hydrogen-bond donors (Lipinski definition) is 7. The van der Waals surface area contributed by atoms with Gasteiger partial charge in [-0.15, -0.1) is 0 Å². The molecule has 3 unspecified atom stereocenters. The second kappa shape index (κ2) is 8.59. The molecule has 1 aromatic rings. The van der Waals surface area contributed by atoms with Gasteiger partial charge in [0.2, 0.25) is 4.77 Å². The lowest BCUT2D eigenvalue weighted by molar-refractivity contribution is -0.204. The van der Waals surface area contributed by atoms with Crippen LogP contribution >= 0.6 is 35.7 Å². The van der Waals surface area contributed by atoms with Crippen LogP contribution in [0.5, 0.6) is 0 Å². The van der Waals surface area contributed by atoms with E-state index < -0.39 is 53.9 Å². The topological polar surface area (TPSA) is 253 Å². The van der Waals surface area contributed by atoms with E-state index in [4.69, 9.17) is 37.4 Å². The first kappa shape index (κ1) is 26.6. The summed E-state index contributed by atoms with van der Waals surface area (Å²) in [5.74, 6) is -3.42. The molecule has 1 fully saturated rings. The van der Waals surface area contributed by atoms with Gasteiger partial charge in [0.05, 0.1) is 0 Å². The van der Waals surface area contributed by atoms with Gasteiger partial charge in [0.1, 0.15) is 24.1 Å². The van der Waals surface area contributed by atoms with Gasteiger partial charge in [-0.3, -0.25) is 9.09 Å². The van der Waals surface area contributed by atoms with E-state index in [0.717, 1.165) is 17.7 Å². The second-order valence-electron chi connectivity index (χ2n) is 6.29.